The summed E-state index contributed by atoms with van der Waals surface area (Å²) in [6.07, 6.45) is 0. The molecule has 0 saturated heterocycles. The van der Waals surface area contributed by atoms with Gasteiger partial charge in [0.2, 0.25) is 0 Å². The lowest BCUT2D eigenvalue weighted by atomic mass is 10.1. The lowest BCUT2D eigenvalue weighted by molar-refractivity contribution is 0.453. The van der Waals surface area contributed by atoms with E-state index in [-0.39, 0.29) is 5.54 Å². The van der Waals surface area contributed by atoms with Crippen molar-refractivity contribution in [2.75, 3.05) is 13.1 Å². The van der Waals surface area contributed by atoms with Crippen molar-refractivity contribution in [1.29, 1.82) is 0 Å². The molecule has 0 atom stereocenters. The standard InChI is InChI=1S/C11H21ClN2/c1-7-14(8-2)10(9(3)12)13-11(4,5)6/h3,7-8H2,1-2,4-6H3. The molecule has 0 aromatic heterocycles. The van der Waals surface area contributed by atoms with Crippen LogP contribution < -0.4 is 0 Å². The summed E-state index contributed by atoms with van der Waals surface area (Å²) < 4.78 is 0. The van der Waals surface area contributed by atoms with Crippen LogP contribution in [-0.2, 0) is 0 Å². The number of halogens is 1. The van der Waals surface area contributed by atoms with Crippen LogP contribution in [0.25, 0.3) is 0 Å². The molecule has 3 heteroatoms. The highest BCUT2D eigenvalue weighted by Gasteiger charge is 2.15. The third kappa shape index (κ3) is 4.66. The fourth-order valence-corrected chi connectivity index (χ4v) is 1.31. The van der Waals surface area contributed by atoms with E-state index in [1.165, 1.54) is 0 Å². The average Bonchev–Trinajstić information content (AvgIpc) is 2.02. The summed E-state index contributed by atoms with van der Waals surface area (Å²) in [5.74, 6) is 0.809. The van der Waals surface area contributed by atoms with Crippen LogP contribution in [0.2, 0.25) is 0 Å². The molecular formula is C11H21ClN2. The molecule has 0 aliphatic carbocycles. The molecular weight excluding hydrogens is 196 g/mol. The Labute approximate surface area is 92.7 Å². The summed E-state index contributed by atoms with van der Waals surface area (Å²) in [7, 11) is 0. The molecule has 0 aliphatic heterocycles. The lowest BCUT2D eigenvalue weighted by Gasteiger charge is -2.25. The highest BCUT2D eigenvalue weighted by atomic mass is 35.5. The van der Waals surface area contributed by atoms with E-state index in [1.807, 2.05) is 0 Å². The van der Waals surface area contributed by atoms with Gasteiger partial charge >= 0.3 is 0 Å². The molecule has 0 heterocycles. The molecule has 0 spiro atoms. The number of aliphatic imine (C=N–C) groups is 1. The Morgan fingerprint density at radius 3 is 1.93 bits per heavy atom. The summed E-state index contributed by atoms with van der Waals surface area (Å²) >= 11 is 5.94. The van der Waals surface area contributed by atoms with E-state index in [0.717, 1.165) is 18.9 Å². The highest BCUT2D eigenvalue weighted by molar-refractivity contribution is 6.42. The number of likely N-dealkylation sites (N-methyl/N-ethyl adjacent to an activating group) is 1. The van der Waals surface area contributed by atoms with E-state index in [1.54, 1.807) is 0 Å². The molecule has 2 nitrogen and oxygen atoms in total. The van der Waals surface area contributed by atoms with Crippen LogP contribution in [-0.4, -0.2) is 29.4 Å². The third-order valence-corrected chi connectivity index (χ3v) is 1.92. The van der Waals surface area contributed by atoms with E-state index in [9.17, 15) is 0 Å². The van der Waals surface area contributed by atoms with Gasteiger partial charge in [-0.15, -0.1) is 0 Å². The van der Waals surface area contributed by atoms with Crippen LogP contribution in [0.3, 0.4) is 0 Å². The molecule has 0 N–H and O–H groups in total. The Morgan fingerprint density at radius 2 is 1.71 bits per heavy atom. The highest BCUT2D eigenvalue weighted by Crippen LogP contribution is 2.14. The van der Waals surface area contributed by atoms with Crippen molar-refractivity contribution in [2.45, 2.75) is 40.2 Å². The number of rotatable bonds is 3. The Balaban J connectivity index is 4.94. The second-order valence-corrected chi connectivity index (χ2v) is 4.64. The fourth-order valence-electron chi connectivity index (χ4n) is 1.14. The van der Waals surface area contributed by atoms with Gasteiger partial charge in [-0.05, 0) is 34.6 Å². The minimum atomic E-state index is -0.115. The van der Waals surface area contributed by atoms with Gasteiger partial charge in [-0.25, -0.2) is 0 Å². The van der Waals surface area contributed by atoms with Crippen molar-refractivity contribution in [1.82, 2.24) is 4.90 Å². The predicted octanol–water partition coefficient (Wildman–Crippen LogP) is 3.28. The van der Waals surface area contributed by atoms with Gasteiger partial charge in [0, 0.05) is 13.1 Å². The van der Waals surface area contributed by atoms with Gasteiger partial charge in [0.25, 0.3) is 0 Å². The van der Waals surface area contributed by atoms with Crippen LogP contribution >= 0.6 is 11.6 Å². The first-order chi connectivity index (χ1) is 6.31. The topological polar surface area (TPSA) is 15.6 Å². The van der Waals surface area contributed by atoms with Gasteiger partial charge < -0.3 is 4.90 Å². The fraction of sp³-hybridized carbons (Fsp3) is 0.727. The quantitative estimate of drug-likeness (QED) is 0.522. The molecule has 82 valence electrons. The third-order valence-electron chi connectivity index (χ3n) is 1.75. The molecule has 0 aromatic carbocycles. The number of hydrogen-bond acceptors (Lipinski definition) is 1. The first kappa shape index (κ1) is 13.5. The van der Waals surface area contributed by atoms with E-state index in [2.05, 4.69) is 51.1 Å². The van der Waals surface area contributed by atoms with Gasteiger partial charge in [0.15, 0.2) is 0 Å². The summed E-state index contributed by atoms with van der Waals surface area (Å²) in [5.41, 5.74) is -0.115. The minimum absolute atomic E-state index is 0.115. The van der Waals surface area contributed by atoms with E-state index >= 15 is 0 Å². The molecule has 0 aliphatic rings. The molecule has 0 saturated carbocycles. The Hall–Kier alpha value is -0.500. The van der Waals surface area contributed by atoms with Gasteiger partial charge in [0.1, 0.15) is 5.84 Å². The number of amidine groups is 1. The zero-order chi connectivity index (χ0) is 11.4. The molecule has 0 bridgehead atoms. The summed E-state index contributed by atoms with van der Waals surface area (Å²) in [5, 5.41) is 0.517. The Morgan fingerprint density at radius 1 is 1.29 bits per heavy atom. The number of nitrogens with zero attached hydrogens (tertiary/aromatic N) is 2. The number of hydrogen-bond donors (Lipinski definition) is 0. The Bertz CT molecular complexity index is 222. The Kier molecular flexibility index (Phi) is 5.21. The molecule has 0 amide bonds. The van der Waals surface area contributed by atoms with Crippen molar-refractivity contribution in [3.63, 3.8) is 0 Å². The van der Waals surface area contributed by atoms with Crippen molar-refractivity contribution in [2.24, 2.45) is 4.99 Å². The second kappa shape index (κ2) is 5.40. The molecule has 0 radical (unpaired) electrons. The summed E-state index contributed by atoms with van der Waals surface area (Å²) in [6, 6.07) is 0. The molecule has 0 aromatic rings. The average molecular weight is 217 g/mol. The monoisotopic (exact) mass is 216 g/mol. The van der Waals surface area contributed by atoms with Crippen molar-refractivity contribution in [3.8, 4) is 0 Å². The molecule has 0 fully saturated rings. The maximum Gasteiger partial charge on any atom is 0.142 e. The van der Waals surface area contributed by atoms with Gasteiger partial charge in [-0.2, -0.15) is 0 Å². The van der Waals surface area contributed by atoms with Crippen LogP contribution in [0.15, 0.2) is 16.6 Å². The van der Waals surface area contributed by atoms with E-state index in [4.69, 9.17) is 11.6 Å². The van der Waals surface area contributed by atoms with Gasteiger partial charge in [0.05, 0.1) is 10.6 Å². The van der Waals surface area contributed by atoms with Crippen LogP contribution in [0.5, 0.6) is 0 Å². The second-order valence-electron chi connectivity index (χ2n) is 4.18. The molecule has 14 heavy (non-hydrogen) atoms. The summed E-state index contributed by atoms with van der Waals surface area (Å²) in [6.45, 7) is 15.9. The van der Waals surface area contributed by atoms with Gasteiger partial charge in [-0.3, -0.25) is 4.99 Å². The SMILES string of the molecule is C=C(Cl)C(=NC(C)(C)C)N(CC)CC. The lowest BCUT2D eigenvalue weighted by Crippen LogP contribution is -2.33. The van der Waals surface area contributed by atoms with E-state index in [0.29, 0.717) is 5.03 Å². The van der Waals surface area contributed by atoms with Crippen molar-refractivity contribution in [3.05, 3.63) is 11.6 Å². The van der Waals surface area contributed by atoms with Gasteiger partial charge in [-0.1, -0.05) is 18.2 Å². The summed E-state index contributed by atoms with van der Waals surface area (Å²) in [4.78, 5) is 6.67. The van der Waals surface area contributed by atoms with Crippen molar-refractivity contribution >= 4 is 17.4 Å². The van der Waals surface area contributed by atoms with Crippen molar-refractivity contribution < 1.29 is 0 Å². The minimum Gasteiger partial charge on any atom is -0.356 e. The smallest absolute Gasteiger partial charge is 0.142 e. The largest absolute Gasteiger partial charge is 0.356 e. The maximum atomic E-state index is 5.94. The predicted molar refractivity (Wildman–Crippen MR) is 65.1 cm³/mol. The normalized spacial score (nSPS) is 12.9. The zero-order valence-corrected chi connectivity index (χ0v) is 10.6. The first-order valence-electron chi connectivity index (χ1n) is 5.01. The zero-order valence-electron chi connectivity index (χ0n) is 9.89. The van der Waals surface area contributed by atoms with Crippen LogP contribution in [0, 0.1) is 0 Å². The maximum absolute atomic E-state index is 5.94. The van der Waals surface area contributed by atoms with Crippen LogP contribution in [0.1, 0.15) is 34.6 Å². The van der Waals surface area contributed by atoms with E-state index < -0.39 is 0 Å². The van der Waals surface area contributed by atoms with Crippen LogP contribution in [0.4, 0.5) is 0 Å². The molecule has 0 unspecified atom stereocenters. The molecule has 0 rings (SSSR count). The first-order valence-corrected chi connectivity index (χ1v) is 5.39.